The molecular formula is C11H7ClF3NO2S. The van der Waals surface area contributed by atoms with Gasteiger partial charge in [0.05, 0.1) is 17.0 Å². The van der Waals surface area contributed by atoms with E-state index in [1.165, 1.54) is 12.1 Å². The third-order valence-corrected chi connectivity index (χ3v) is 3.48. The molecule has 0 saturated carbocycles. The van der Waals surface area contributed by atoms with Crippen LogP contribution in [0.15, 0.2) is 24.3 Å². The van der Waals surface area contributed by atoms with E-state index in [2.05, 4.69) is 4.98 Å². The van der Waals surface area contributed by atoms with E-state index >= 15 is 0 Å². The number of halogens is 4. The Hall–Kier alpha value is -1.31. The molecule has 0 aliphatic rings. The van der Waals surface area contributed by atoms with Crippen LogP contribution in [0, 0.1) is 0 Å². The molecule has 0 radical (unpaired) electrons. The summed E-state index contributed by atoms with van der Waals surface area (Å²) in [6.07, 6.45) is -4.43. The molecule has 0 atom stereocenters. The predicted molar refractivity (Wildman–Crippen MR) is 64.6 cm³/mol. The topological polar surface area (TPSA) is 42.4 Å². The fraction of sp³-hybridized carbons (Fsp3) is 0.182. The number of rotatable bonds is 3. The van der Waals surface area contributed by atoms with Crippen LogP contribution < -0.4 is 4.74 Å². The molecule has 1 N–H and O–H groups in total. The maximum atomic E-state index is 12.5. The minimum absolute atomic E-state index is 0.00438. The van der Waals surface area contributed by atoms with Gasteiger partial charge >= 0.3 is 6.18 Å². The number of aliphatic hydroxyl groups is 1. The van der Waals surface area contributed by atoms with Gasteiger partial charge < -0.3 is 9.84 Å². The number of aromatic nitrogens is 1. The minimum Gasteiger partial charge on any atom is -0.431 e. The van der Waals surface area contributed by atoms with Gasteiger partial charge in [-0.05, 0) is 18.2 Å². The van der Waals surface area contributed by atoms with E-state index in [0.717, 1.165) is 23.5 Å². The summed E-state index contributed by atoms with van der Waals surface area (Å²) in [5.74, 6) is 0.00438. The molecule has 0 aliphatic carbocycles. The second-order valence-electron chi connectivity index (χ2n) is 3.48. The van der Waals surface area contributed by atoms with Gasteiger partial charge in [-0.2, -0.15) is 18.2 Å². The summed E-state index contributed by atoms with van der Waals surface area (Å²) in [5.41, 5.74) is -0.810. The van der Waals surface area contributed by atoms with Crippen molar-refractivity contribution in [2.45, 2.75) is 12.8 Å². The molecule has 2 aromatic rings. The zero-order valence-corrected chi connectivity index (χ0v) is 10.8. The zero-order valence-electron chi connectivity index (χ0n) is 9.24. The highest BCUT2D eigenvalue weighted by molar-refractivity contribution is 7.13. The molecule has 0 bridgehead atoms. The summed E-state index contributed by atoms with van der Waals surface area (Å²) in [5, 5.41) is 9.09. The second-order valence-corrected chi connectivity index (χ2v) is 4.88. The minimum atomic E-state index is -4.43. The summed E-state index contributed by atoms with van der Waals surface area (Å²) >= 11 is 6.67. The van der Waals surface area contributed by atoms with Crippen molar-refractivity contribution in [3.05, 3.63) is 39.9 Å². The van der Waals surface area contributed by atoms with E-state index in [1.54, 1.807) is 0 Å². The van der Waals surface area contributed by atoms with E-state index in [0.29, 0.717) is 4.88 Å². The SMILES string of the molecule is OCc1sc(Oc2cccc(C(F)(F)F)c2)nc1Cl. The van der Waals surface area contributed by atoms with Crippen LogP contribution in [0.1, 0.15) is 10.4 Å². The Morgan fingerprint density at radius 1 is 1.37 bits per heavy atom. The van der Waals surface area contributed by atoms with Crippen LogP contribution >= 0.6 is 22.9 Å². The van der Waals surface area contributed by atoms with Gasteiger partial charge in [0.25, 0.3) is 5.19 Å². The first-order valence-corrected chi connectivity index (χ1v) is 6.21. The first-order valence-electron chi connectivity index (χ1n) is 5.01. The molecule has 1 aromatic carbocycles. The average molecular weight is 310 g/mol. The van der Waals surface area contributed by atoms with Crippen LogP contribution in [0.25, 0.3) is 0 Å². The molecule has 0 unspecified atom stereocenters. The monoisotopic (exact) mass is 309 g/mol. The predicted octanol–water partition coefficient (Wildman–Crippen LogP) is 4.10. The van der Waals surface area contributed by atoms with Gasteiger partial charge in [-0.25, -0.2) is 0 Å². The molecule has 3 nitrogen and oxygen atoms in total. The number of ether oxygens (including phenoxy) is 1. The Bertz CT molecular complexity index is 586. The standard InChI is InChI=1S/C11H7ClF3NO2S/c12-9-8(5-17)19-10(16-9)18-7-3-1-2-6(4-7)11(13,14)15/h1-4,17H,5H2. The highest BCUT2D eigenvalue weighted by atomic mass is 35.5. The van der Waals surface area contributed by atoms with E-state index in [4.69, 9.17) is 21.4 Å². The first kappa shape index (κ1) is 14.1. The Labute approximate surface area is 115 Å². The molecule has 1 aromatic heterocycles. The van der Waals surface area contributed by atoms with Crippen molar-refractivity contribution in [1.29, 1.82) is 0 Å². The van der Waals surface area contributed by atoms with Gasteiger partial charge in [-0.15, -0.1) is 0 Å². The number of aliphatic hydroxyl groups excluding tert-OH is 1. The summed E-state index contributed by atoms with van der Waals surface area (Å²) < 4.78 is 42.7. The van der Waals surface area contributed by atoms with Gasteiger partial charge in [0.15, 0.2) is 0 Å². The largest absolute Gasteiger partial charge is 0.431 e. The van der Waals surface area contributed by atoms with Crippen molar-refractivity contribution in [3.8, 4) is 10.9 Å². The van der Waals surface area contributed by atoms with Gasteiger partial charge in [0.1, 0.15) is 10.9 Å². The van der Waals surface area contributed by atoms with Gasteiger partial charge in [-0.1, -0.05) is 29.0 Å². The average Bonchev–Trinajstić information content (AvgIpc) is 2.68. The van der Waals surface area contributed by atoms with Crippen LogP contribution in [0.5, 0.6) is 10.9 Å². The lowest BCUT2D eigenvalue weighted by Gasteiger charge is -2.08. The maximum absolute atomic E-state index is 12.5. The van der Waals surface area contributed by atoms with Crippen molar-refractivity contribution in [2.24, 2.45) is 0 Å². The van der Waals surface area contributed by atoms with Crippen molar-refractivity contribution < 1.29 is 23.0 Å². The van der Waals surface area contributed by atoms with Gasteiger partial charge in [0, 0.05) is 0 Å². The van der Waals surface area contributed by atoms with Gasteiger partial charge in [0.2, 0.25) is 0 Å². The molecule has 0 spiro atoms. The summed E-state index contributed by atoms with van der Waals surface area (Å²) in [7, 11) is 0. The molecule has 8 heteroatoms. The normalized spacial score (nSPS) is 11.6. The Morgan fingerprint density at radius 2 is 2.11 bits per heavy atom. The lowest BCUT2D eigenvalue weighted by Crippen LogP contribution is -2.04. The molecule has 19 heavy (non-hydrogen) atoms. The first-order chi connectivity index (χ1) is 8.90. The summed E-state index contributed by atoms with van der Waals surface area (Å²) in [6.45, 7) is -0.303. The van der Waals surface area contributed by atoms with Crippen molar-refractivity contribution in [2.75, 3.05) is 0 Å². The number of thiazole rings is 1. The third-order valence-electron chi connectivity index (χ3n) is 2.14. The molecule has 1 heterocycles. The van der Waals surface area contributed by atoms with Crippen LogP contribution in [0.3, 0.4) is 0 Å². The lowest BCUT2D eigenvalue weighted by molar-refractivity contribution is -0.137. The second kappa shape index (κ2) is 5.36. The molecular weight excluding hydrogens is 303 g/mol. The molecule has 0 saturated heterocycles. The summed E-state index contributed by atoms with van der Waals surface area (Å²) in [6, 6.07) is 4.43. The molecule has 0 amide bonds. The number of nitrogens with zero attached hydrogens (tertiary/aromatic N) is 1. The van der Waals surface area contributed by atoms with E-state index in [9.17, 15) is 13.2 Å². The number of hydrogen-bond donors (Lipinski definition) is 1. The van der Waals surface area contributed by atoms with E-state index in [-0.39, 0.29) is 22.7 Å². The Morgan fingerprint density at radius 3 is 2.68 bits per heavy atom. The fourth-order valence-corrected chi connectivity index (χ4v) is 2.27. The number of hydrogen-bond acceptors (Lipinski definition) is 4. The number of alkyl halides is 3. The number of benzene rings is 1. The zero-order chi connectivity index (χ0) is 14.0. The maximum Gasteiger partial charge on any atom is 0.416 e. The highest BCUT2D eigenvalue weighted by Gasteiger charge is 2.30. The molecule has 0 fully saturated rings. The van der Waals surface area contributed by atoms with E-state index in [1.807, 2.05) is 0 Å². The third kappa shape index (κ3) is 3.37. The van der Waals surface area contributed by atoms with Crippen molar-refractivity contribution >= 4 is 22.9 Å². The van der Waals surface area contributed by atoms with Crippen LogP contribution in [-0.2, 0) is 12.8 Å². The van der Waals surface area contributed by atoms with Gasteiger partial charge in [-0.3, -0.25) is 0 Å². The quantitative estimate of drug-likeness (QED) is 0.928. The van der Waals surface area contributed by atoms with E-state index < -0.39 is 11.7 Å². The van der Waals surface area contributed by atoms with Crippen LogP contribution in [-0.4, -0.2) is 10.1 Å². The smallest absolute Gasteiger partial charge is 0.416 e. The van der Waals surface area contributed by atoms with Crippen LogP contribution in [0.2, 0.25) is 5.15 Å². The summed E-state index contributed by atoms with van der Waals surface area (Å²) in [4.78, 5) is 4.18. The molecule has 2 rings (SSSR count). The van der Waals surface area contributed by atoms with Crippen LogP contribution in [0.4, 0.5) is 13.2 Å². The highest BCUT2D eigenvalue weighted by Crippen LogP contribution is 2.35. The Balaban J connectivity index is 2.23. The fourth-order valence-electron chi connectivity index (χ4n) is 1.29. The lowest BCUT2D eigenvalue weighted by atomic mass is 10.2. The molecule has 102 valence electrons. The van der Waals surface area contributed by atoms with Crippen molar-refractivity contribution in [1.82, 2.24) is 4.98 Å². The Kier molecular flexibility index (Phi) is 3.98. The molecule has 0 aliphatic heterocycles. The van der Waals surface area contributed by atoms with Crippen molar-refractivity contribution in [3.63, 3.8) is 0 Å².